The summed E-state index contributed by atoms with van der Waals surface area (Å²) in [6.07, 6.45) is 6.69. The van der Waals surface area contributed by atoms with E-state index in [2.05, 4.69) is 44.9 Å². The van der Waals surface area contributed by atoms with Crippen molar-refractivity contribution >= 4 is 34.1 Å². The molecule has 5 rings (SSSR count). The van der Waals surface area contributed by atoms with Crippen LogP contribution in [-0.2, 0) is 15.6 Å². The molecule has 1 N–H and O–H groups in total. The van der Waals surface area contributed by atoms with Crippen molar-refractivity contribution in [1.29, 1.82) is 0 Å². The number of pyridine rings is 1. The Bertz CT molecular complexity index is 1350. The fraction of sp³-hybridized carbons (Fsp3) is 0.310. The summed E-state index contributed by atoms with van der Waals surface area (Å²) < 4.78 is 13.8. The molecule has 194 valence electrons. The summed E-state index contributed by atoms with van der Waals surface area (Å²) in [7, 11) is 5.00. The first-order valence-electron chi connectivity index (χ1n) is 12.5. The first-order chi connectivity index (χ1) is 17.9. The van der Waals surface area contributed by atoms with Gasteiger partial charge in [-0.25, -0.2) is 4.98 Å². The lowest BCUT2D eigenvalue weighted by Crippen LogP contribution is -2.33. The van der Waals surface area contributed by atoms with Gasteiger partial charge in [0.05, 0.1) is 11.2 Å². The summed E-state index contributed by atoms with van der Waals surface area (Å²) in [6, 6.07) is 22.1. The van der Waals surface area contributed by atoms with Crippen LogP contribution < -0.4 is 10.2 Å². The molecule has 2 atom stereocenters. The molecule has 8 heteroatoms. The molecule has 0 saturated carbocycles. The number of likely N-dealkylation sites (tertiary alicyclic amines) is 1. The Labute approximate surface area is 221 Å². The third kappa shape index (κ3) is 6.20. The number of carbonyl (C=O) groups excluding carboxylic acids is 1. The van der Waals surface area contributed by atoms with Gasteiger partial charge in [-0.3, -0.25) is 9.00 Å². The van der Waals surface area contributed by atoms with Crippen LogP contribution in [0.4, 0.5) is 11.4 Å². The van der Waals surface area contributed by atoms with E-state index < -0.39 is 10.8 Å². The number of hydrogen-bond donors (Lipinski definition) is 1. The predicted octanol–water partition coefficient (Wildman–Crippen LogP) is 4.87. The Kier molecular flexibility index (Phi) is 8.61. The van der Waals surface area contributed by atoms with Crippen LogP contribution in [0, 0.1) is 0 Å². The zero-order chi connectivity index (χ0) is 26.4. The largest absolute Gasteiger partial charge is 0.388 e. The van der Waals surface area contributed by atoms with E-state index in [0.29, 0.717) is 6.54 Å². The smallest absolute Gasteiger partial charge is 0.209 e. The number of anilines is 2. The van der Waals surface area contributed by atoms with E-state index in [1.54, 1.807) is 6.26 Å². The summed E-state index contributed by atoms with van der Waals surface area (Å²) in [4.78, 5) is 20.9. The fourth-order valence-electron chi connectivity index (χ4n) is 4.61. The normalized spacial score (nSPS) is 16.0. The number of carbonyl (C=O) groups is 1. The summed E-state index contributed by atoms with van der Waals surface area (Å²) >= 11 is 0. The molecule has 0 aliphatic carbocycles. The number of aromatic nitrogens is 2. The van der Waals surface area contributed by atoms with E-state index in [0.717, 1.165) is 59.0 Å². The molecule has 37 heavy (non-hydrogen) atoms. The minimum Gasteiger partial charge on any atom is -0.388 e. The Morgan fingerprint density at radius 2 is 1.78 bits per heavy atom. The first kappa shape index (κ1) is 26.4. The second-order valence-electron chi connectivity index (χ2n) is 9.38. The SMILES string of the molecule is CNc1ccc(N(C)C)cc1.CS(=O)c1ccc(-c2nc(C3CCCN(C=O)C3)n3ccccc23)cc1. The van der Waals surface area contributed by atoms with Gasteiger partial charge in [0, 0.05) is 85.2 Å². The molecule has 0 spiro atoms. The van der Waals surface area contributed by atoms with Crippen molar-refractivity contribution in [2.24, 2.45) is 0 Å². The van der Waals surface area contributed by atoms with Crippen LogP contribution in [-0.4, -0.2) is 65.4 Å². The summed E-state index contributed by atoms with van der Waals surface area (Å²) in [5.41, 5.74) is 5.37. The van der Waals surface area contributed by atoms with E-state index in [4.69, 9.17) is 4.98 Å². The van der Waals surface area contributed by atoms with Crippen LogP contribution in [0.5, 0.6) is 0 Å². The standard InChI is InChI=1S/C20H21N3O2S.C9H14N2/c1-26(25)17-9-7-15(8-10-17)19-18-6-2-3-12-23(18)20(21-19)16-5-4-11-22(13-16)14-24;1-10-8-4-6-9(7-5-8)11(2)3/h2-3,6-10,12,14,16H,4-5,11,13H2,1H3;4-7,10H,1-3H3. The van der Waals surface area contributed by atoms with Crippen molar-refractivity contribution in [2.45, 2.75) is 23.7 Å². The van der Waals surface area contributed by atoms with E-state index >= 15 is 0 Å². The van der Waals surface area contributed by atoms with Crippen LogP contribution in [0.25, 0.3) is 16.8 Å². The van der Waals surface area contributed by atoms with Gasteiger partial charge in [-0.15, -0.1) is 0 Å². The van der Waals surface area contributed by atoms with Gasteiger partial charge in [0.15, 0.2) is 0 Å². The van der Waals surface area contributed by atoms with Crippen LogP contribution in [0.1, 0.15) is 24.6 Å². The van der Waals surface area contributed by atoms with Gasteiger partial charge in [-0.05, 0) is 61.4 Å². The third-order valence-electron chi connectivity index (χ3n) is 6.67. The molecule has 7 nitrogen and oxygen atoms in total. The minimum atomic E-state index is -0.989. The molecule has 3 heterocycles. The minimum absolute atomic E-state index is 0.236. The molecule has 1 saturated heterocycles. The molecular weight excluding hydrogens is 482 g/mol. The van der Waals surface area contributed by atoms with Crippen LogP contribution in [0.3, 0.4) is 0 Å². The Morgan fingerprint density at radius 1 is 1.05 bits per heavy atom. The molecule has 4 aromatic rings. The lowest BCUT2D eigenvalue weighted by Gasteiger charge is -2.29. The van der Waals surface area contributed by atoms with Crippen molar-refractivity contribution in [3.8, 4) is 11.3 Å². The first-order valence-corrected chi connectivity index (χ1v) is 14.0. The summed E-state index contributed by atoms with van der Waals surface area (Å²) in [6.45, 7) is 1.54. The number of fused-ring (bicyclic) bond motifs is 1. The van der Waals surface area contributed by atoms with Gasteiger partial charge in [-0.2, -0.15) is 0 Å². The van der Waals surface area contributed by atoms with E-state index in [1.807, 2.05) is 68.6 Å². The third-order valence-corrected chi connectivity index (χ3v) is 7.61. The highest BCUT2D eigenvalue weighted by molar-refractivity contribution is 7.84. The average molecular weight is 518 g/mol. The Morgan fingerprint density at radius 3 is 2.41 bits per heavy atom. The Balaban J connectivity index is 0.000000245. The van der Waals surface area contributed by atoms with E-state index in [1.165, 1.54) is 5.69 Å². The molecule has 2 aromatic carbocycles. The van der Waals surface area contributed by atoms with Gasteiger partial charge in [-0.1, -0.05) is 18.2 Å². The van der Waals surface area contributed by atoms with Crippen molar-refractivity contribution in [3.63, 3.8) is 0 Å². The Hall–Kier alpha value is -3.65. The van der Waals surface area contributed by atoms with Crippen molar-refractivity contribution in [2.75, 3.05) is 50.7 Å². The van der Waals surface area contributed by atoms with Crippen molar-refractivity contribution in [3.05, 3.63) is 78.8 Å². The number of nitrogens with one attached hydrogen (secondary N) is 1. The second-order valence-corrected chi connectivity index (χ2v) is 10.8. The maximum atomic E-state index is 11.6. The number of hydrogen-bond acceptors (Lipinski definition) is 5. The van der Waals surface area contributed by atoms with Crippen molar-refractivity contribution in [1.82, 2.24) is 14.3 Å². The van der Waals surface area contributed by atoms with Gasteiger partial charge >= 0.3 is 0 Å². The van der Waals surface area contributed by atoms with Gasteiger partial charge in [0.25, 0.3) is 0 Å². The van der Waals surface area contributed by atoms with Crippen LogP contribution in [0.2, 0.25) is 0 Å². The molecule has 1 fully saturated rings. The molecule has 1 aliphatic rings. The fourth-order valence-corrected chi connectivity index (χ4v) is 5.12. The molecule has 2 aromatic heterocycles. The second kappa shape index (κ2) is 12.1. The number of rotatable bonds is 6. The monoisotopic (exact) mass is 517 g/mol. The number of benzene rings is 2. The summed E-state index contributed by atoms with van der Waals surface area (Å²) in [5, 5.41) is 3.07. The highest BCUT2D eigenvalue weighted by atomic mass is 32.2. The topological polar surface area (TPSA) is 70.0 Å². The molecule has 2 unspecified atom stereocenters. The number of amides is 1. The van der Waals surface area contributed by atoms with E-state index in [-0.39, 0.29) is 5.92 Å². The lowest BCUT2D eigenvalue weighted by atomic mass is 9.97. The predicted molar refractivity (Wildman–Crippen MR) is 153 cm³/mol. The van der Waals surface area contributed by atoms with Gasteiger partial charge in [0.1, 0.15) is 5.82 Å². The van der Waals surface area contributed by atoms with Crippen LogP contribution in [0.15, 0.2) is 77.8 Å². The van der Waals surface area contributed by atoms with Crippen molar-refractivity contribution < 1.29 is 9.00 Å². The van der Waals surface area contributed by atoms with Crippen LogP contribution >= 0.6 is 0 Å². The molecule has 0 bridgehead atoms. The molecular formula is C29H35N5O2S. The number of nitrogens with zero attached hydrogens (tertiary/aromatic N) is 4. The average Bonchev–Trinajstić information content (AvgIpc) is 3.33. The maximum absolute atomic E-state index is 11.6. The molecule has 1 aliphatic heterocycles. The highest BCUT2D eigenvalue weighted by Gasteiger charge is 2.25. The zero-order valence-electron chi connectivity index (χ0n) is 21.9. The summed E-state index contributed by atoms with van der Waals surface area (Å²) in [5.74, 6) is 1.24. The molecule has 0 radical (unpaired) electrons. The quantitative estimate of drug-likeness (QED) is 0.370. The van der Waals surface area contributed by atoms with Gasteiger partial charge < -0.3 is 19.5 Å². The maximum Gasteiger partial charge on any atom is 0.209 e. The highest BCUT2D eigenvalue weighted by Crippen LogP contribution is 2.32. The number of imidazole rings is 1. The number of piperidine rings is 1. The zero-order valence-corrected chi connectivity index (χ0v) is 22.7. The molecule has 1 amide bonds. The van der Waals surface area contributed by atoms with E-state index in [9.17, 15) is 9.00 Å². The lowest BCUT2D eigenvalue weighted by molar-refractivity contribution is -0.119. The van der Waals surface area contributed by atoms with Gasteiger partial charge in [0.2, 0.25) is 6.41 Å².